The van der Waals surface area contributed by atoms with Crippen LogP contribution in [0.2, 0.25) is 0 Å². The standard InChI is InChI=1S/C26H38O4/c1-17(2)9-7-10-19(5)11-8-12-20(6)13-14-21-22(27)16-24(29)25(26(21)30)23(28)15-18(3)4/h9,11,13,16,18,27,29-30H,7-8,10,12,14-15H2,1-6H3/b19-11+,20-13+. The predicted molar refractivity (Wildman–Crippen MR) is 124 cm³/mol. The summed E-state index contributed by atoms with van der Waals surface area (Å²) in [6, 6.07) is 1.14. The molecule has 0 bridgehead atoms. The molecule has 0 aliphatic carbocycles. The molecule has 0 fully saturated rings. The van der Waals surface area contributed by atoms with Gasteiger partial charge in [0.2, 0.25) is 0 Å². The number of aromatic hydroxyl groups is 3. The maximum atomic E-state index is 12.4. The van der Waals surface area contributed by atoms with Gasteiger partial charge in [0.05, 0.1) is 0 Å². The van der Waals surface area contributed by atoms with Gasteiger partial charge >= 0.3 is 0 Å². The first-order valence-electron chi connectivity index (χ1n) is 10.8. The molecule has 0 aromatic heterocycles. The summed E-state index contributed by atoms with van der Waals surface area (Å²) in [6.45, 7) is 12.2. The van der Waals surface area contributed by atoms with Gasteiger partial charge in [0.1, 0.15) is 22.8 Å². The molecule has 0 saturated heterocycles. The van der Waals surface area contributed by atoms with Crippen molar-refractivity contribution in [1.82, 2.24) is 0 Å². The van der Waals surface area contributed by atoms with Crippen molar-refractivity contribution in [3.8, 4) is 17.2 Å². The Labute approximate surface area is 181 Å². The number of carbonyl (C=O) groups is 1. The molecule has 0 heterocycles. The highest BCUT2D eigenvalue weighted by molar-refractivity contribution is 6.02. The second kappa shape index (κ2) is 12.3. The van der Waals surface area contributed by atoms with Crippen molar-refractivity contribution in [3.05, 3.63) is 52.1 Å². The molecular weight excluding hydrogens is 376 g/mol. The van der Waals surface area contributed by atoms with Gasteiger partial charge in [-0.15, -0.1) is 0 Å². The second-order valence-corrected chi connectivity index (χ2v) is 8.80. The van der Waals surface area contributed by atoms with E-state index in [0.29, 0.717) is 6.42 Å². The maximum absolute atomic E-state index is 12.4. The molecule has 4 heteroatoms. The Balaban J connectivity index is 2.81. The number of carbonyl (C=O) groups excluding carboxylic acids is 1. The topological polar surface area (TPSA) is 77.8 Å². The van der Waals surface area contributed by atoms with Gasteiger partial charge in [0.15, 0.2) is 5.78 Å². The molecule has 0 aliphatic rings. The SMILES string of the molecule is CC(C)=CCC/C(C)=C/CC/C(C)=C/Cc1c(O)cc(O)c(C(=O)CC(C)C)c1O. The van der Waals surface area contributed by atoms with Gasteiger partial charge in [0.25, 0.3) is 0 Å². The van der Waals surface area contributed by atoms with E-state index in [9.17, 15) is 20.1 Å². The lowest BCUT2D eigenvalue weighted by Gasteiger charge is -2.13. The summed E-state index contributed by atoms with van der Waals surface area (Å²) in [5.74, 6) is -1.12. The lowest BCUT2D eigenvalue weighted by atomic mass is 9.95. The highest BCUT2D eigenvalue weighted by Gasteiger charge is 2.22. The van der Waals surface area contributed by atoms with Crippen molar-refractivity contribution in [1.29, 1.82) is 0 Å². The van der Waals surface area contributed by atoms with E-state index in [-0.39, 0.29) is 46.5 Å². The Bertz CT molecular complexity index is 822. The molecule has 0 saturated carbocycles. The van der Waals surface area contributed by atoms with Gasteiger partial charge in [-0.05, 0) is 65.7 Å². The molecule has 3 N–H and O–H groups in total. The number of ketones is 1. The van der Waals surface area contributed by atoms with E-state index < -0.39 is 0 Å². The average Bonchev–Trinajstić information content (AvgIpc) is 2.60. The minimum Gasteiger partial charge on any atom is -0.507 e. The fourth-order valence-corrected chi connectivity index (χ4v) is 3.25. The molecule has 1 aromatic rings. The van der Waals surface area contributed by atoms with Crippen molar-refractivity contribution in [3.63, 3.8) is 0 Å². The van der Waals surface area contributed by atoms with Crippen LogP contribution in [-0.4, -0.2) is 21.1 Å². The number of benzene rings is 1. The summed E-state index contributed by atoms with van der Waals surface area (Å²) in [5.41, 5.74) is 4.04. The van der Waals surface area contributed by atoms with Crippen molar-refractivity contribution < 1.29 is 20.1 Å². The van der Waals surface area contributed by atoms with Crippen LogP contribution in [0.4, 0.5) is 0 Å². The van der Waals surface area contributed by atoms with E-state index in [0.717, 1.165) is 37.3 Å². The molecule has 0 unspecified atom stereocenters. The molecule has 4 nitrogen and oxygen atoms in total. The van der Waals surface area contributed by atoms with Gasteiger partial charge in [-0.25, -0.2) is 0 Å². The monoisotopic (exact) mass is 414 g/mol. The van der Waals surface area contributed by atoms with E-state index in [4.69, 9.17) is 0 Å². The summed E-state index contributed by atoms with van der Waals surface area (Å²) in [6.07, 6.45) is 10.9. The quantitative estimate of drug-likeness (QED) is 0.269. The molecule has 166 valence electrons. The summed E-state index contributed by atoms with van der Waals surface area (Å²) in [5, 5.41) is 30.8. The van der Waals surface area contributed by atoms with E-state index in [1.807, 2.05) is 26.8 Å². The van der Waals surface area contributed by atoms with E-state index in [1.54, 1.807) is 0 Å². The fraction of sp³-hybridized carbons (Fsp3) is 0.500. The molecule has 1 rings (SSSR count). The van der Waals surface area contributed by atoms with Gasteiger partial charge in [0, 0.05) is 18.1 Å². The second-order valence-electron chi connectivity index (χ2n) is 8.80. The lowest BCUT2D eigenvalue weighted by molar-refractivity contribution is 0.0962. The Morgan fingerprint density at radius 2 is 1.47 bits per heavy atom. The van der Waals surface area contributed by atoms with Gasteiger partial charge in [-0.2, -0.15) is 0 Å². The molecule has 0 spiro atoms. The minimum atomic E-state index is -0.381. The van der Waals surface area contributed by atoms with Crippen molar-refractivity contribution >= 4 is 5.78 Å². The summed E-state index contributed by atoms with van der Waals surface area (Å²) in [7, 11) is 0. The summed E-state index contributed by atoms with van der Waals surface area (Å²) >= 11 is 0. The van der Waals surface area contributed by atoms with E-state index in [1.165, 1.54) is 11.1 Å². The van der Waals surface area contributed by atoms with Crippen molar-refractivity contribution in [2.45, 2.75) is 80.1 Å². The zero-order valence-electron chi connectivity index (χ0n) is 19.4. The first-order chi connectivity index (χ1) is 14.0. The molecule has 30 heavy (non-hydrogen) atoms. The van der Waals surface area contributed by atoms with Crippen LogP contribution in [0.25, 0.3) is 0 Å². The Morgan fingerprint density at radius 1 is 0.900 bits per heavy atom. The van der Waals surface area contributed by atoms with Gasteiger partial charge in [-0.1, -0.05) is 48.8 Å². The van der Waals surface area contributed by atoms with Gasteiger partial charge in [-0.3, -0.25) is 4.79 Å². The minimum absolute atomic E-state index is 0.0996. The smallest absolute Gasteiger partial charge is 0.170 e. The van der Waals surface area contributed by atoms with Crippen LogP contribution in [0.5, 0.6) is 17.2 Å². The average molecular weight is 415 g/mol. The van der Waals surface area contributed by atoms with Crippen LogP contribution in [0.1, 0.15) is 89.6 Å². The van der Waals surface area contributed by atoms with E-state index in [2.05, 4.69) is 32.9 Å². The van der Waals surface area contributed by atoms with Crippen LogP contribution < -0.4 is 0 Å². The molecule has 0 aliphatic heterocycles. The Hall–Kier alpha value is -2.49. The van der Waals surface area contributed by atoms with Crippen molar-refractivity contribution in [2.24, 2.45) is 5.92 Å². The van der Waals surface area contributed by atoms with E-state index >= 15 is 0 Å². The largest absolute Gasteiger partial charge is 0.507 e. The normalized spacial score (nSPS) is 12.4. The van der Waals surface area contributed by atoms with Crippen LogP contribution in [0.15, 0.2) is 41.0 Å². The van der Waals surface area contributed by atoms with Crippen LogP contribution in [0, 0.1) is 5.92 Å². The highest BCUT2D eigenvalue weighted by Crippen LogP contribution is 2.39. The third kappa shape index (κ3) is 8.48. The zero-order valence-corrected chi connectivity index (χ0v) is 19.4. The molecule has 0 radical (unpaired) electrons. The lowest BCUT2D eigenvalue weighted by Crippen LogP contribution is -2.05. The number of Topliss-reactive ketones (excluding diaryl/α,β-unsaturated/α-hetero) is 1. The molecule has 1 aromatic carbocycles. The maximum Gasteiger partial charge on any atom is 0.170 e. The fourth-order valence-electron chi connectivity index (χ4n) is 3.25. The predicted octanol–water partition coefficient (Wildman–Crippen LogP) is 6.99. The van der Waals surface area contributed by atoms with Gasteiger partial charge < -0.3 is 15.3 Å². The number of rotatable bonds is 11. The summed E-state index contributed by atoms with van der Waals surface area (Å²) in [4.78, 5) is 12.4. The number of phenols is 3. The number of hydrogen-bond donors (Lipinski definition) is 3. The van der Waals surface area contributed by atoms with Crippen molar-refractivity contribution in [2.75, 3.05) is 0 Å². The third-order valence-corrected chi connectivity index (χ3v) is 5.01. The van der Waals surface area contributed by atoms with Crippen LogP contribution in [-0.2, 0) is 6.42 Å². The first kappa shape index (κ1) is 25.5. The Kier molecular flexibility index (Phi) is 10.4. The third-order valence-electron chi connectivity index (χ3n) is 5.01. The number of allylic oxidation sites excluding steroid dienone is 6. The zero-order chi connectivity index (χ0) is 22.8. The molecule has 0 atom stereocenters. The Morgan fingerprint density at radius 3 is 2.03 bits per heavy atom. The summed E-state index contributed by atoms with van der Waals surface area (Å²) < 4.78 is 0. The molecule has 0 amide bonds. The van der Waals surface area contributed by atoms with Crippen LogP contribution in [0.3, 0.4) is 0 Å². The first-order valence-corrected chi connectivity index (χ1v) is 10.8. The van der Waals surface area contributed by atoms with Crippen LogP contribution >= 0.6 is 0 Å². The highest BCUT2D eigenvalue weighted by atomic mass is 16.3. The number of hydrogen-bond acceptors (Lipinski definition) is 4. The molecular formula is C26H38O4. The number of phenolic OH excluding ortho intramolecular Hbond substituents is 3.